The van der Waals surface area contributed by atoms with Crippen LogP contribution in [-0.2, 0) is 6.54 Å². The number of pyridine rings is 1. The SMILES string of the molecule is NCc1nc(OC(F)(F)F)c(Cl)cc1N. The summed E-state index contributed by atoms with van der Waals surface area (Å²) in [4.78, 5) is 3.45. The maximum absolute atomic E-state index is 11.9. The third-order valence-corrected chi connectivity index (χ3v) is 1.73. The molecule has 1 rings (SSSR count). The van der Waals surface area contributed by atoms with Crippen molar-refractivity contribution in [2.75, 3.05) is 5.73 Å². The molecule has 0 bridgehead atoms. The number of nitrogens with zero attached hydrogens (tertiary/aromatic N) is 1. The molecule has 0 amide bonds. The Morgan fingerprint density at radius 2 is 2.07 bits per heavy atom. The van der Waals surface area contributed by atoms with E-state index < -0.39 is 12.2 Å². The van der Waals surface area contributed by atoms with Crippen LogP contribution in [0.5, 0.6) is 5.88 Å². The number of hydrogen-bond donors (Lipinski definition) is 2. The van der Waals surface area contributed by atoms with Gasteiger partial charge >= 0.3 is 6.36 Å². The third kappa shape index (κ3) is 3.14. The van der Waals surface area contributed by atoms with Crippen LogP contribution in [0.15, 0.2) is 6.07 Å². The van der Waals surface area contributed by atoms with Gasteiger partial charge in [0.1, 0.15) is 5.02 Å². The lowest BCUT2D eigenvalue weighted by Crippen LogP contribution is -2.19. The lowest BCUT2D eigenvalue weighted by Gasteiger charge is -2.11. The number of hydrogen-bond acceptors (Lipinski definition) is 4. The van der Waals surface area contributed by atoms with E-state index >= 15 is 0 Å². The van der Waals surface area contributed by atoms with Crippen LogP contribution in [0, 0.1) is 0 Å². The minimum Gasteiger partial charge on any atom is -0.397 e. The van der Waals surface area contributed by atoms with Crippen molar-refractivity contribution in [1.82, 2.24) is 4.98 Å². The Morgan fingerprint density at radius 1 is 1.47 bits per heavy atom. The van der Waals surface area contributed by atoms with E-state index in [1.165, 1.54) is 0 Å². The second kappa shape index (κ2) is 4.11. The zero-order valence-electron chi connectivity index (χ0n) is 7.31. The highest BCUT2D eigenvalue weighted by atomic mass is 35.5. The molecule has 0 fully saturated rings. The Bertz CT molecular complexity index is 369. The van der Waals surface area contributed by atoms with Gasteiger partial charge in [0.05, 0.1) is 11.4 Å². The Kier molecular flexibility index (Phi) is 3.25. The van der Waals surface area contributed by atoms with Crippen molar-refractivity contribution in [2.45, 2.75) is 12.9 Å². The summed E-state index contributed by atoms with van der Waals surface area (Å²) in [5.74, 6) is -0.751. The van der Waals surface area contributed by atoms with Gasteiger partial charge in [-0.3, -0.25) is 0 Å². The molecule has 0 unspecified atom stereocenters. The molecule has 0 radical (unpaired) electrons. The first-order valence-corrected chi connectivity index (χ1v) is 4.12. The molecule has 0 atom stereocenters. The van der Waals surface area contributed by atoms with E-state index in [-0.39, 0.29) is 22.9 Å². The Labute approximate surface area is 88.0 Å². The fourth-order valence-corrected chi connectivity index (χ4v) is 1.07. The van der Waals surface area contributed by atoms with Gasteiger partial charge in [-0.2, -0.15) is 0 Å². The number of aromatic nitrogens is 1. The molecule has 4 N–H and O–H groups in total. The molecule has 84 valence electrons. The highest BCUT2D eigenvalue weighted by molar-refractivity contribution is 6.32. The maximum atomic E-state index is 11.9. The number of halogens is 4. The molecule has 0 aliphatic carbocycles. The number of nitrogens with two attached hydrogens (primary N) is 2. The van der Waals surface area contributed by atoms with Crippen LogP contribution < -0.4 is 16.2 Å². The smallest absolute Gasteiger partial charge is 0.397 e. The fraction of sp³-hybridized carbons (Fsp3) is 0.286. The first-order chi connectivity index (χ1) is 6.83. The molecule has 4 nitrogen and oxygen atoms in total. The number of ether oxygens (including phenoxy) is 1. The third-order valence-electron chi connectivity index (χ3n) is 1.46. The molecule has 8 heteroatoms. The minimum atomic E-state index is -4.85. The van der Waals surface area contributed by atoms with E-state index in [2.05, 4.69) is 9.72 Å². The molecule has 1 heterocycles. The number of anilines is 1. The van der Waals surface area contributed by atoms with Gasteiger partial charge < -0.3 is 16.2 Å². The van der Waals surface area contributed by atoms with Crippen LogP contribution >= 0.6 is 11.6 Å². The van der Waals surface area contributed by atoms with Gasteiger partial charge in [0.15, 0.2) is 0 Å². The highest BCUT2D eigenvalue weighted by Crippen LogP contribution is 2.30. The van der Waals surface area contributed by atoms with Crippen LogP contribution in [0.4, 0.5) is 18.9 Å². The average Bonchev–Trinajstić information content (AvgIpc) is 2.07. The van der Waals surface area contributed by atoms with Crippen molar-refractivity contribution in [3.8, 4) is 5.88 Å². The van der Waals surface area contributed by atoms with Gasteiger partial charge in [-0.15, -0.1) is 13.2 Å². The molecular formula is C7H7ClF3N3O. The summed E-state index contributed by atoms with van der Waals surface area (Å²) < 4.78 is 39.2. The normalized spacial score (nSPS) is 11.5. The van der Waals surface area contributed by atoms with Crippen LogP contribution in [0.1, 0.15) is 5.69 Å². The van der Waals surface area contributed by atoms with E-state index in [4.69, 9.17) is 23.1 Å². The van der Waals surface area contributed by atoms with E-state index in [1.54, 1.807) is 0 Å². The lowest BCUT2D eigenvalue weighted by atomic mass is 10.3. The van der Waals surface area contributed by atoms with Crippen molar-refractivity contribution in [3.05, 3.63) is 16.8 Å². The van der Waals surface area contributed by atoms with Crippen molar-refractivity contribution in [2.24, 2.45) is 5.73 Å². The van der Waals surface area contributed by atoms with Gasteiger partial charge in [-0.25, -0.2) is 4.98 Å². The Balaban J connectivity index is 3.08. The molecule has 1 aromatic rings. The molecule has 15 heavy (non-hydrogen) atoms. The molecular weight excluding hydrogens is 235 g/mol. The standard InChI is InChI=1S/C7H7ClF3N3O/c8-3-1-4(13)5(2-12)14-6(3)15-7(9,10)11/h1H,2,12-13H2. The number of alkyl halides is 3. The largest absolute Gasteiger partial charge is 0.574 e. The molecule has 0 aliphatic heterocycles. The Hall–Kier alpha value is -1.21. The van der Waals surface area contributed by atoms with Crippen molar-refractivity contribution >= 4 is 17.3 Å². The summed E-state index contributed by atoms with van der Waals surface area (Å²) in [6, 6.07) is 1.11. The highest BCUT2D eigenvalue weighted by Gasteiger charge is 2.33. The summed E-state index contributed by atoms with van der Waals surface area (Å²) in [6.07, 6.45) is -4.85. The van der Waals surface area contributed by atoms with Crippen molar-refractivity contribution in [3.63, 3.8) is 0 Å². The van der Waals surface area contributed by atoms with Crippen molar-refractivity contribution < 1.29 is 17.9 Å². The molecule has 0 saturated heterocycles. The monoisotopic (exact) mass is 241 g/mol. The molecule has 0 saturated carbocycles. The van der Waals surface area contributed by atoms with Crippen LogP contribution in [0.2, 0.25) is 5.02 Å². The van der Waals surface area contributed by atoms with Crippen LogP contribution in [0.3, 0.4) is 0 Å². The molecule has 0 aromatic carbocycles. The quantitative estimate of drug-likeness (QED) is 0.826. The summed E-state index contributed by atoms with van der Waals surface area (Å²) in [7, 11) is 0. The topological polar surface area (TPSA) is 74.2 Å². The van der Waals surface area contributed by atoms with Gasteiger partial charge in [-0.05, 0) is 6.07 Å². The summed E-state index contributed by atoms with van der Waals surface area (Å²) in [6.45, 7) is -0.1000. The number of rotatable bonds is 2. The molecule has 1 aromatic heterocycles. The predicted octanol–water partition coefficient (Wildman–Crippen LogP) is 1.67. The predicted molar refractivity (Wildman–Crippen MR) is 48.2 cm³/mol. The minimum absolute atomic E-state index is 0.0960. The summed E-state index contributed by atoms with van der Waals surface area (Å²) in [5, 5.41) is -0.318. The first-order valence-electron chi connectivity index (χ1n) is 3.74. The van der Waals surface area contributed by atoms with E-state index in [0.29, 0.717) is 0 Å². The van der Waals surface area contributed by atoms with E-state index in [1.807, 2.05) is 0 Å². The van der Waals surface area contributed by atoms with Crippen LogP contribution in [0.25, 0.3) is 0 Å². The summed E-state index contributed by atoms with van der Waals surface area (Å²) in [5.41, 5.74) is 10.8. The summed E-state index contributed by atoms with van der Waals surface area (Å²) >= 11 is 5.46. The van der Waals surface area contributed by atoms with Gasteiger partial charge in [0, 0.05) is 6.54 Å². The van der Waals surface area contributed by atoms with E-state index in [9.17, 15) is 13.2 Å². The van der Waals surface area contributed by atoms with E-state index in [0.717, 1.165) is 6.07 Å². The second-order valence-electron chi connectivity index (χ2n) is 2.56. The van der Waals surface area contributed by atoms with Crippen LogP contribution in [-0.4, -0.2) is 11.3 Å². The molecule has 0 aliphatic rings. The maximum Gasteiger partial charge on any atom is 0.574 e. The first kappa shape index (κ1) is 11.9. The van der Waals surface area contributed by atoms with Gasteiger partial charge in [0.25, 0.3) is 0 Å². The zero-order chi connectivity index (χ0) is 11.6. The number of nitrogen functional groups attached to an aromatic ring is 1. The lowest BCUT2D eigenvalue weighted by molar-refractivity contribution is -0.276. The van der Waals surface area contributed by atoms with Gasteiger partial charge in [0.2, 0.25) is 5.88 Å². The molecule has 0 spiro atoms. The van der Waals surface area contributed by atoms with Gasteiger partial charge in [-0.1, -0.05) is 11.6 Å². The zero-order valence-corrected chi connectivity index (χ0v) is 8.06. The average molecular weight is 242 g/mol. The second-order valence-corrected chi connectivity index (χ2v) is 2.97. The van der Waals surface area contributed by atoms with Crippen molar-refractivity contribution in [1.29, 1.82) is 0 Å². The Morgan fingerprint density at radius 3 is 2.53 bits per heavy atom. The fourth-order valence-electron chi connectivity index (χ4n) is 0.867.